The van der Waals surface area contributed by atoms with Crippen molar-refractivity contribution in [3.05, 3.63) is 11.4 Å². The minimum Gasteiger partial charge on any atom is -0.383 e. The number of nitrogens with zero attached hydrogens (tertiary/aromatic N) is 3. The fourth-order valence-electron chi connectivity index (χ4n) is 2.71. The number of piperidine rings is 1. The Bertz CT molecular complexity index is 465. The molecule has 2 heterocycles. The van der Waals surface area contributed by atoms with E-state index in [1.165, 1.54) is 12.8 Å². The van der Waals surface area contributed by atoms with Crippen LogP contribution >= 0.6 is 0 Å². The minimum atomic E-state index is 0.305. The zero-order valence-corrected chi connectivity index (χ0v) is 12.8. The highest BCUT2D eigenvalue weighted by Crippen LogP contribution is 2.33. The van der Waals surface area contributed by atoms with Gasteiger partial charge in [-0.15, -0.1) is 0 Å². The lowest BCUT2D eigenvalue weighted by molar-refractivity contribution is 0.291. The van der Waals surface area contributed by atoms with Gasteiger partial charge in [0.2, 0.25) is 0 Å². The summed E-state index contributed by atoms with van der Waals surface area (Å²) in [6.45, 7) is 13.0. The van der Waals surface area contributed by atoms with Gasteiger partial charge in [0.15, 0.2) is 0 Å². The molecular formula is C15H26N4. The predicted molar refractivity (Wildman–Crippen MR) is 80.5 cm³/mol. The Morgan fingerprint density at radius 1 is 1.26 bits per heavy atom. The molecule has 106 valence electrons. The topological polar surface area (TPSA) is 55.0 Å². The molecule has 2 rings (SSSR count). The van der Waals surface area contributed by atoms with Crippen LogP contribution < -0.4 is 10.6 Å². The maximum Gasteiger partial charge on any atom is 0.137 e. The summed E-state index contributed by atoms with van der Waals surface area (Å²) in [5, 5.41) is 0. The molecule has 0 spiro atoms. The van der Waals surface area contributed by atoms with Crippen LogP contribution in [-0.2, 0) is 0 Å². The van der Waals surface area contributed by atoms with Gasteiger partial charge >= 0.3 is 0 Å². The molecule has 4 heteroatoms. The molecule has 0 aromatic carbocycles. The third kappa shape index (κ3) is 2.99. The summed E-state index contributed by atoms with van der Waals surface area (Å²) in [4.78, 5) is 11.5. The van der Waals surface area contributed by atoms with E-state index >= 15 is 0 Å². The largest absolute Gasteiger partial charge is 0.383 e. The molecule has 0 atom stereocenters. The van der Waals surface area contributed by atoms with Crippen LogP contribution in [0.2, 0.25) is 0 Å². The van der Waals surface area contributed by atoms with Crippen molar-refractivity contribution in [2.24, 2.45) is 5.41 Å². The lowest BCUT2D eigenvalue weighted by Gasteiger charge is -2.39. The molecule has 19 heavy (non-hydrogen) atoms. The van der Waals surface area contributed by atoms with E-state index in [9.17, 15) is 0 Å². The van der Waals surface area contributed by atoms with Gasteiger partial charge in [-0.25, -0.2) is 9.97 Å². The maximum absolute atomic E-state index is 6.06. The standard InChI is InChI=1S/C15H26N4/c1-10(2)13-17-12(16)11(3)14(18-13)19-8-6-7-15(4,5)9-19/h10H,6-9H2,1-5H3,(H2,16,17,18). The molecule has 0 radical (unpaired) electrons. The number of nitrogen functional groups attached to an aromatic ring is 1. The molecule has 1 aromatic rings. The highest BCUT2D eigenvalue weighted by atomic mass is 15.2. The van der Waals surface area contributed by atoms with Gasteiger partial charge in [-0.2, -0.15) is 0 Å². The van der Waals surface area contributed by atoms with Crippen molar-refractivity contribution in [2.45, 2.75) is 53.4 Å². The lowest BCUT2D eigenvalue weighted by Crippen LogP contribution is -2.41. The Kier molecular flexibility index (Phi) is 3.70. The second kappa shape index (κ2) is 4.99. The third-order valence-corrected chi connectivity index (χ3v) is 3.89. The average Bonchev–Trinajstić information content (AvgIpc) is 2.30. The molecule has 0 bridgehead atoms. The summed E-state index contributed by atoms with van der Waals surface area (Å²) in [6, 6.07) is 0. The number of hydrogen-bond acceptors (Lipinski definition) is 4. The Morgan fingerprint density at radius 3 is 2.53 bits per heavy atom. The second-order valence-corrected chi connectivity index (χ2v) is 6.76. The molecular weight excluding hydrogens is 236 g/mol. The molecule has 1 aromatic heterocycles. The number of hydrogen-bond donors (Lipinski definition) is 1. The molecule has 4 nitrogen and oxygen atoms in total. The maximum atomic E-state index is 6.06. The van der Waals surface area contributed by atoms with E-state index in [1.807, 2.05) is 6.92 Å². The van der Waals surface area contributed by atoms with Crippen LogP contribution in [0.5, 0.6) is 0 Å². The second-order valence-electron chi connectivity index (χ2n) is 6.76. The minimum absolute atomic E-state index is 0.305. The highest BCUT2D eigenvalue weighted by molar-refractivity contribution is 5.57. The number of rotatable bonds is 2. The first-order chi connectivity index (χ1) is 8.80. The van der Waals surface area contributed by atoms with Crippen LogP contribution in [0, 0.1) is 12.3 Å². The van der Waals surface area contributed by atoms with E-state index in [0.29, 0.717) is 17.2 Å². The van der Waals surface area contributed by atoms with Gasteiger partial charge < -0.3 is 10.6 Å². The Balaban J connectivity index is 2.38. The molecule has 1 saturated heterocycles. The lowest BCUT2D eigenvalue weighted by atomic mass is 9.84. The van der Waals surface area contributed by atoms with Gasteiger partial charge in [-0.1, -0.05) is 27.7 Å². The summed E-state index contributed by atoms with van der Waals surface area (Å²) in [5.41, 5.74) is 7.42. The van der Waals surface area contributed by atoms with E-state index in [0.717, 1.165) is 30.3 Å². The van der Waals surface area contributed by atoms with Crippen molar-refractivity contribution in [1.82, 2.24) is 9.97 Å². The van der Waals surface area contributed by atoms with Crippen LogP contribution in [0.4, 0.5) is 11.6 Å². The summed E-state index contributed by atoms with van der Waals surface area (Å²) in [5.74, 6) is 2.81. The van der Waals surface area contributed by atoms with E-state index in [-0.39, 0.29) is 0 Å². The van der Waals surface area contributed by atoms with Crippen LogP contribution in [0.25, 0.3) is 0 Å². The van der Waals surface area contributed by atoms with Gasteiger partial charge in [-0.3, -0.25) is 0 Å². The Morgan fingerprint density at radius 2 is 1.95 bits per heavy atom. The Labute approximate surface area is 116 Å². The van der Waals surface area contributed by atoms with Gasteiger partial charge in [0.25, 0.3) is 0 Å². The zero-order valence-electron chi connectivity index (χ0n) is 12.8. The normalized spacial score (nSPS) is 18.9. The fourth-order valence-corrected chi connectivity index (χ4v) is 2.71. The average molecular weight is 262 g/mol. The SMILES string of the molecule is Cc1c(N)nc(C(C)C)nc1N1CCCC(C)(C)C1. The molecule has 0 aliphatic carbocycles. The number of nitrogens with two attached hydrogens (primary N) is 1. The van der Waals surface area contributed by atoms with Gasteiger partial charge in [0, 0.05) is 24.6 Å². The van der Waals surface area contributed by atoms with Crippen molar-refractivity contribution >= 4 is 11.6 Å². The number of aromatic nitrogens is 2. The quantitative estimate of drug-likeness (QED) is 0.889. The monoisotopic (exact) mass is 262 g/mol. The summed E-state index contributed by atoms with van der Waals surface area (Å²) in [7, 11) is 0. The molecule has 1 fully saturated rings. The zero-order chi connectivity index (χ0) is 14.2. The van der Waals surface area contributed by atoms with E-state index in [2.05, 4.69) is 37.6 Å². The Hall–Kier alpha value is -1.32. The van der Waals surface area contributed by atoms with E-state index < -0.39 is 0 Å². The molecule has 0 unspecified atom stereocenters. The summed E-state index contributed by atoms with van der Waals surface area (Å²) in [6.07, 6.45) is 2.49. The first-order valence-electron chi connectivity index (χ1n) is 7.19. The van der Waals surface area contributed by atoms with Crippen molar-refractivity contribution in [3.8, 4) is 0 Å². The van der Waals surface area contributed by atoms with Crippen molar-refractivity contribution < 1.29 is 0 Å². The van der Waals surface area contributed by atoms with Crippen LogP contribution in [0.3, 0.4) is 0 Å². The van der Waals surface area contributed by atoms with E-state index in [1.54, 1.807) is 0 Å². The summed E-state index contributed by atoms with van der Waals surface area (Å²) >= 11 is 0. The first-order valence-corrected chi connectivity index (χ1v) is 7.19. The first kappa shape index (κ1) is 14.1. The van der Waals surface area contributed by atoms with Crippen molar-refractivity contribution in [3.63, 3.8) is 0 Å². The van der Waals surface area contributed by atoms with Crippen LogP contribution in [-0.4, -0.2) is 23.1 Å². The van der Waals surface area contributed by atoms with Gasteiger partial charge in [0.05, 0.1) is 0 Å². The van der Waals surface area contributed by atoms with Crippen molar-refractivity contribution in [1.29, 1.82) is 0 Å². The van der Waals surface area contributed by atoms with Gasteiger partial charge in [-0.05, 0) is 25.2 Å². The van der Waals surface area contributed by atoms with Crippen LogP contribution in [0.15, 0.2) is 0 Å². The molecule has 2 N–H and O–H groups in total. The number of anilines is 2. The van der Waals surface area contributed by atoms with E-state index in [4.69, 9.17) is 10.7 Å². The highest BCUT2D eigenvalue weighted by Gasteiger charge is 2.28. The fraction of sp³-hybridized carbons (Fsp3) is 0.733. The molecule has 1 aliphatic heterocycles. The molecule has 0 saturated carbocycles. The van der Waals surface area contributed by atoms with Crippen LogP contribution in [0.1, 0.15) is 57.8 Å². The smallest absolute Gasteiger partial charge is 0.137 e. The molecule has 0 amide bonds. The molecule has 1 aliphatic rings. The third-order valence-electron chi connectivity index (χ3n) is 3.89. The van der Waals surface area contributed by atoms with Crippen molar-refractivity contribution in [2.75, 3.05) is 23.7 Å². The summed E-state index contributed by atoms with van der Waals surface area (Å²) < 4.78 is 0. The van der Waals surface area contributed by atoms with Gasteiger partial charge in [0.1, 0.15) is 17.5 Å². The predicted octanol–water partition coefficient (Wildman–Crippen LogP) is 3.12.